The summed E-state index contributed by atoms with van der Waals surface area (Å²) in [4.78, 5) is 10.7. The maximum absolute atomic E-state index is 10.7. The van der Waals surface area contributed by atoms with Crippen LogP contribution in [0, 0.1) is 24.7 Å². The molecule has 2 nitrogen and oxygen atoms in total. The Morgan fingerprint density at radius 2 is 1.74 bits per heavy atom. The van der Waals surface area contributed by atoms with Gasteiger partial charge < -0.3 is 0 Å². The van der Waals surface area contributed by atoms with Gasteiger partial charge in [0, 0.05) is 0 Å². The van der Waals surface area contributed by atoms with Gasteiger partial charge in [0.05, 0.1) is 0 Å². The first kappa shape index (κ1) is 14.2. The Labute approximate surface area is 116 Å². The lowest BCUT2D eigenvalue weighted by atomic mass is 9.71. The molecule has 104 valence electrons. The molecule has 2 heteroatoms. The second kappa shape index (κ2) is 4.16. The summed E-state index contributed by atoms with van der Waals surface area (Å²) in [6.45, 7) is 16.2. The molecule has 1 unspecified atom stereocenters. The van der Waals surface area contributed by atoms with Crippen LogP contribution in [-0.4, -0.2) is 0 Å². The van der Waals surface area contributed by atoms with Crippen LogP contribution in [0.25, 0.3) is 0 Å². The van der Waals surface area contributed by atoms with Crippen molar-refractivity contribution in [2.24, 2.45) is 11.1 Å². The van der Waals surface area contributed by atoms with Crippen LogP contribution in [0.3, 0.4) is 0 Å². The van der Waals surface area contributed by atoms with Crippen LogP contribution in [0.15, 0.2) is 11.2 Å². The van der Waals surface area contributed by atoms with E-state index >= 15 is 0 Å². The third kappa shape index (κ3) is 1.76. The van der Waals surface area contributed by atoms with Crippen molar-refractivity contribution in [3.05, 3.63) is 38.8 Å². The Hall–Kier alpha value is -1.18. The van der Waals surface area contributed by atoms with Gasteiger partial charge in [0.1, 0.15) is 6.54 Å². The van der Waals surface area contributed by atoms with Gasteiger partial charge in [0.2, 0.25) is 0 Å². The van der Waals surface area contributed by atoms with Crippen LogP contribution in [0.5, 0.6) is 0 Å². The van der Waals surface area contributed by atoms with E-state index in [1.165, 1.54) is 22.3 Å². The lowest BCUT2D eigenvalue weighted by molar-refractivity contribution is 0.264. The van der Waals surface area contributed by atoms with Crippen LogP contribution in [0.4, 0.5) is 0 Å². The topological polar surface area (TPSA) is 29.4 Å². The minimum Gasteiger partial charge on any atom is -0.150 e. The highest BCUT2D eigenvalue weighted by Crippen LogP contribution is 2.55. The molecule has 0 saturated heterocycles. The van der Waals surface area contributed by atoms with Crippen LogP contribution in [-0.2, 0) is 17.4 Å². The number of fused-ring (bicyclic) bond motifs is 1. The Bertz CT molecular complexity index is 541. The fourth-order valence-electron chi connectivity index (χ4n) is 4.02. The number of nitrogens with zero attached hydrogens (tertiary/aromatic N) is 1. The molecular weight excluding hydrogens is 234 g/mol. The number of benzene rings is 1. The number of hydrogen-bond acceptors (Lipinski definition) is 2. The first-order valence-corrected chi connectivity index (χ1v) is 7.08. The molecule has 0 radical (unpaired) electrons. The first-order valence-electron chi connectivity index (χ1n) is 7.08. The SMILES string of the molecule is Cc1cc2c(c(C)c1CN=O)C(C)(C)C(C)C2(C)C. The van der Waals surface area contributed by atoms with Crippen molar-refractivity contribution in [3.8, 4) is 0 Å². The molecule has 0 saturated carbocycles. The van der Waals surface area contributed by atoms with Gasteiger partial charge in [-0.3, -0.25) is 0 Å². The van der Waals surface area contributed by atoms with Gasteiger partial charge in [-0.25, -0.2) is 0 Å². The normalized spacial score (nSPS) is 23.2. The summed E-state index contributed by atoms with van der Waals surface area (Å²) < 4.78 is 0. The Morgan fingerprint density at radius 3 is 2.26 bits per heavy atom. The second-order valence-corrected chi connectivity index (χ2v) is 7.17. The molecule has 1 aliphatic rings. The van der Waals surface area contributed by atoms with Gasteiger partial charge in [-0.05, 0) is 58.4 Å². The van der Waals surface area contributed by atoms with E-state index in [0.717, 1.165) is 5.56 Å². The van der Waals surface area contributed by atoms with E-state index in [4.69, 9.17) is 0 Å². The van der Waals surface area contributed by atoms with Gasteiger partial charge in [-0.1, -0.05) is 45.9 Å². The molecule has 0 spiro atoms. The average Bonchev–Trinajstić information content (AvgIpc) is 2.43. The van der Waals surface area contributed by atoms with Crippen molar-refractivity contribution in [3.63, 3.8) is 0 Å². The van der Waals surface area contributed by atoms with Crippen LogP contribution in [0.2, 0.25) is 0 Å². The third-order valence-corrected chi connectivity index (χ3v) is 5.66. The predicted octanol–water partition coefficient (Wildman–Crippen LogP) is 4.77. The lowest BCUT2D eigenvalue weighted by Crippen LogP contribution is -2.31. The van der Waals surface area contributed by atoms with Gasteiger partial charge in [0.25, 0.3) is 0 Å². The van der Waals surface area contributed by atoms with E-state index in [-0.39, 0.29) is 17.4 Å². The second-order valence-electron chi connectivity index (χ2n) is 7.17. The third-order valence-electron chi connectivity index (χ3n) is 5.66. The van der Waals surface area contributed by atoms with Crippen LogP contribution >= 0.6 is 0 Å². The average molecular weight is 259 g/mol. The van der Waals surface area contributed by atoms with Crippen molar-refractivity contribution in [2.45, 2.75) is 65.8 Å². The monoisotopic (exact) mass is 259 g/mol. The number of rotatable bonds is 2. The molecule has 0 N–H and O–H groups in total. The highest BCUT2D eigenvalue weighted by molar-refractivity contribution is 5.55. The van der Waals surface area contributed by atoms with Crippen molar-refractivity contribution in [1.29, 1.82) is 0 Å². The molecule has 19 heavy (non-hydrogen) atoms. The minimum absolute atomic E-state index is 0.147. The van der Waals surface area contributed by atoms with E-state index in [9.17, 15) is 4.91 Å². The zero-order chi connectivity index (χ0) is 14.6. The fraction of sp³-hybridized carbons (Fsp3) is 0.647. The molecule has 1 aliphatic carbocycles. The summed E-state index contributed by atoms with van der Waals surface area (Å²) >= 11 is 0. The number of hydrogen-bond donors (Lipinski definition) is 0. The van der Waals surface area contributed by atoms with Crippen molar-refractivity contribution in [1.82, 2.24) is 0 Å². The van der Waals surface area contributed by atoms with Gasteiger partial charge in [0.15, 0.2) is 0 Å². The first-order chi connectivity index (χ1) is 8.65. The summed E-state index contributed by atoms with van der Waals surface area (Å²) in [6.07, 6.45) is 0. The van der Waals surface area contributed by atoms with Crippen molar-refractivity contribution in [2.75, 3.05) is 0 Å². The number of aryl methyl sites for hydroxylation is 1. The van der Waals surface area contributed by atoms with Crippen molar-refractivity contribution < 1.29 is 0 Å². The summed E-state index contributed by atoms with van der Waals surface area (Å²) in [5.74, 6) is 0.576. The van der Waals surface area contributed by atoms with E-state index in [1.54, 1.807) is 0 Å². The van der Waals surface area contributed by atoms with Crippen molar-refractivity contribution >= 4 is 0 Å². The molecule has 1 aromatic rings. The molecule has 1 atom stereocenters. The molecule has 0 heterocycles. The van der Waals surface area contributed by atoms with Gasteiger partial charge >= 0.3 is 0 Å². The Kier molecular flexibility index (Phi) is 3.11. The maximum Gasteiger partial charge on any atom is 0.107 e. The molecule has 0 amide bonds. The standard InChI is InChI=1S/C17H25NO/c1-10-8-14-15(11(2)13(10)9-18-19)17(6,7)12(3)16(14,4)5/h8,12H,9H2,1-7H3. The quantitative estimate of drug-likeness (QED) is 0.703. The fourth-order valence-corrected chi connectivity index (χ4v) is 4.02. The van der Waals surface area contributed by atoms with E-state index in [1.807, 2.05) is 0 Å². The summed E-state index contributed by atoms with van der Waals surface area (Å²) in [6, 6.07) is 2.29. The van der Waals surface area contributed by atoms with Crippen LogP contribution in [0.1, 0.15) is 62.4 Å². The molecule has 0 aromatic heterocycles. The largest absolute Gasteiger partial charge is 0.150 e. The summed E-state index contributed by atoms with van der Waals surface area (Å²) in [7, 11) is 0. The summed E-state index contributed by atoms with van der Waals surface area (Å²) in [5, 5.41) is 3.11. The minimum atomic E-state index is 0.147. The molecule has 2 rings (SSSR count). The zero-order valence-electron chi connectivity index (χ0n) is 13.2. The van der Waals surface area contributed by atoms with E-state index in [2.05, 4.69) is 59.7 Å². The van der Waals surface area contributed by atoms with Gasteiger partial charge in [-0.15, -0.1) is 0 Å². The number of nitroso groups, excluding NO2 is 1. The predicted molar refractivity (Wildman–Crippen MR) is 80.6 cm³/mol. The molecule has 0 aliphatic heterocycles. The van der Waals surface area contributed by atoms with E-state index < -0.39 is 0 Å². The highest BCUT2D eigenvalue weighted by atomic mass is 16.3. The molecule has 0 bridgehead atoms. The van der Waals surface area contributed by atoms with Crippen LogP contribution < -0.4 is 0 Å². The molecular formula is C17H25NO. The zero-order valence-corrected chi connectivity index (χ0v) is 13.2. The summed E-state index contributed by atoms with van der Waals surface area (Å²) in [5.41, 5.74) is 6.82. The maximum atomic E-state index is 10.7. The van der Waals surface area contributed by atoms with Gasteiger partial charge in [-0.2, -0.15) is 4.91 Å². The van der Waals surface area contributed by atoms with E-state index in [0.29, 0.717) is 5.92 Å². The Balaban J connectivity index is 2.80. The molecule has 1 aromatic carbocycles. The Morgan fingerprint density at radius 1 is 1.16 bits per heavy atom. The smallest absolute Gasteiger partial charge is 0.107 e. The lowest BCUT2D eigenvalue weighted by Gasteiger charge is -2.33. The highest BCUT2D eigenvalue weighted by Gasteiger charge is 2.49. The molecule has 0 fully saturated rings.